The summed E-state index contributed by atoms with van der Waals surface area (Å²) in [4.78, 5) is 4.67. The number of aryl methyl sites for hydroxylation is 4. The summed E-state index contributed by atoms with van der Waals surface area (Å²) in [6.07, 6.45) is 0. The van der Waals surface area contributed by atoms with Gasteiger partial charge >= 0.3 is 0 Å². The van der Waals surface area contributed by atoms with Gasteiger partial charge in [-0.3, -0.25) is 0 Å². The fraction of sp³-hybridized carbons (Fsp3) is 0.316. The standard InChI is InChI=1S/C19H22N2O/c1-13-7-5-6-8-19(13)22-10-9-21-16(4)20-17-11-14(2)15(3)12-18(17)21/h5-8,11-12H,9-10H2,1-4H3. The van der Waals surface area contributed by atoms with E-state index in [4.69, 9.17) is 4.74 Å². The van der Waals surface area contributed by atoms with Crippen LogP contribution >= 0.6 is 0 Å². The number of ether oxygens (including phenoxy) is 1. The Labute approximate surface area is 131 Å². The molecule has 0 radical (unpaired) electrons. The number of hydrogen-bond acceptors (Lipinski definition) is 2. The summed E-state index contributed by atoms with van der Waals surface area (Å²) >= 11 is 0. The second kappa shape index (κ2) is 5.84. The molecule has 0 spiro atoms. The zero-order chi connectivity index (χ0) is 15.7. The number of fused-ring (bicyclic) bond motifs is 1. The minimum atomic E-state index is 0.643. The maximum absolute atomic E-state index is 5.92. The smallest absolute Gasteiger partial charge is 0.122 e. The maximum Gasteiger partial charge on any atom is 0.122 e. The van der Waals surface area contributed by atoms with Crippen molar-refractivity contribution >= 4 is 11.0 Å². The molecule has 1 heterocycles. The van der Waals surface area contributed by atoms with Crippen molar-refractivity contribution in [3.63, 3.8) is 0 Å². The molecule has 3 nitrogen and oxygen atoms in total. The lowest BCUT2D eigenvalue weighted by atomic mass is 10.1. The SMILES string of the molecule is Cc1cc2nc(C)n(CCOc3ccccc3C)c2cc1C. The summed E-state index contributed by atoms with van der Waals surface area (Å²) < 4.78 is 8.16. The molecule has 0 N–H and O–H groups in total. The van der Waals surface area contributed by atoms with Crippen LogP contribution in [0.3, 0.4) is 0 Å². The van der Waals surface area contributed by atoms with Gasteiger partial charge in [0, 0.05) is 0 Å². The number of para-hydroxylation sites is 1. The molecule has 0 atom stereocenters. The van der Waals surface area contributed by atoms with E-state index in [0.29, 0.717) is 6.61 Å². The van der Waals surface area contributed by atoms with Crippen LogP contribution in [0.25, 0.3) is 11.0 Å². The zero-order valence-corrected chi connectivity index (χ0v) is 13.7. The molecule has 0 bridgehead atoms. The van der Waals surface area contributed by atoms with Crippen LogP contribution in [0.4, 0.5) is 0 Å². The van der Waals surface area contributed by atoms with Crippen molar-refractivity contribution in [3.05, 3.63) is 58.9 Å². The summed E-state index contributed by atoms with van der Waals surface area (Å²) in [6, 6.07) is 12.5. The Hall–Kier alpha value is -2.29. The van der Waals surface area contributed by atoms with Gasteiger partial charge in [0.15, 0.2) is 0 Å². The Morgan fingerprint density at radius 3 is 2.45 bits per heavy atom. The molecule has 0 aliphatic heterocycles. The topological polar surface area (TPSA) is 27.1 Å². The van der Waals surface area contributed by atoms with Crippen molar-refractivity contribution in [1.29, 1.82) is 0 Å². The molecule has 3 rings (SSSR count). The molecule has 3 heteroatoms. The highest BCUT2D eigenvalue weighted by atomic mass is 16.5. The van der Waals surface area contributed by atoms with Crippen molar-refractivity contribution < 1.29 is 4.74 Å². The first-order valence-electron chi connectivity index (χ1n) is 7.69. The predicted octanol–water partition coefficient (Wildman–Crippen LogP) is 4.35. The van der Waals surface area contributed by atoms with Gasteiger partial charge in [0.25, 0.3) is 0 Å². The number of aromatic nitrogens is 2. The molecule has 2 aromatic carbocycles. The van der Waals surface area contributed by atoms with Gasteiger partial charge in [-0.15, -0.1) is 0 Å². The molecular weight excluding hydrogens is 272 g/mol. The van der Waals surface area contributed by atoms with E-state index in [9.17, 15) is 0 Å². The van der Waals surface area contributed by atoms with Crippen molar-refractivity contribution in [2.45, 2.75) is 34.2 Å². The Balaban J connectivity index is 1.81. The number of hydrogen-bond donors (Lipinski definition) is 0. The Morgan fingerprint density at radius 1 is 0.955 bits per heavy atom. The minimum absolute atomic E-state index is 0.643. The Morgan fingerprint density at radius 2 is 1.68 bits per heavy atom. The Kier molecular flexibility index (Phi) is 3.88. The van der Waals surface area contributed by atoms with E-state index in [2.05, 4.69) is 55.4 Å². The second-order valence-electron chi connectivity index (χ2n) is 5.85. The summed E-state index contributed by atoms with van der Waals surface area (Å²) in [5, 5.41) is 0. The van der Waals surface area contributed by atoms with Crippen LogP contribution in [-0.4, -0.2) is 16.2 Å². The van der Waals surface area contributed by atoms with E-state index < -0.39 is 0 Å². The molecule has 0 saturated carbocycles. The van der Waals surface area contributed by atoms with Crippen LogP contribution in [0, 0.1) is 27.7 Å². The summed E-state index contributed by atoms with van der Waals surface area (Å²) in [6.45, 7) is 9.84. The molecule has 0 fully saturated rings. The van der Waals surface area contributed by atoms with Crippen LogP contribution in [0.5, 0.6) is 5.75 Å². The predicted molar refractivity (Wildman–Crippen MR) is 90.6 cm³/mol. The molecule has 1 aromatic heterocycles. The van der Waals surface area contributed by atoms with Crippen molar-refractivity contribution in [2.24, 2.45) is 0 Å². The summed E-state index contributed by atoms with van der Waals surface area (Å²) in [5.41, 5.74) is 6.01. The van der Waals surface area contributed by atoms with Gasteiger partial charge in [0.2, 0.25) is 0 Å². The molecule has 0 aliphatic carbocycles. The first-order valence-corrected chi connectivity index (χ1v) is 7.69. The Bertz CT molecular complexity index is 818. The first-order chi connectivity index (χ1) is 10.6. The van der Waals surface area contributed by atoms with Gasteiger partial charge in [-0.1, -0.05) is 18.2 Å². The van der Waals surface area contributed by atoms with Gasteiger partial charge < -0.3 is 9.30 Å². The third-order valence-corrected chi connectivity index (χ3v) is 4.22. The van der Waals surface area contributed by atoms with Gasteiger partial charge in [0.05, 0.1) is 17.6 Å². The largest absolute Gasteiger partial charge is 0.491 e. The average Bonchev–Trinajstić information content (AvgIpc) is 2.77. The van der Waals surface area contributed by atoms with E-state index in [1.807, 2.05) is 18.2 Å². The van der Waals surface area contributed by atoms with Crippen LogP contribution < -0.4 is 4.74 Å². The van der Waals surface area contributed by atoms with Gasteiger partial charge in [-0.25, -0.2) is 4.98 Å². The first kappa shape index (κ1) is 14.6. The minimum Gasteiger partial charge on any atom is -0.491 e. The molecule has 0 unspecified atom stereocenters. The van der Waals surface area contributed by atoms with Crippen LogP contribution in [0.1, 0.15) is 22.5 Å². The molecule has 0 amide bonds. The number of imidazole rings is 1. The van der Waals surface area contributed by atoms with E-state index >= 15 is 0 Å². The van der Waals surface area contributed by atoms with Crippen molar-refractivity contribution in [3.8, 4) is 5.75 Å². The molecule has 0 aliphatic rings. The van der Waals surface area contributed by atoms with E-state index in [1.54, 1.807) is 0 Å². The number of benzene rings is 2. The van der Waals surface area contributed by atoms with E-state index in [0.717, 1.165) is 23.6 Å². The number of rotatable bonds is 4. The lowest BCUT2D eigenvalue weighted by Crippen LogP contribution is -2.10. The van der Waals surface area contributed by atoms with Crippen molar-refractivity contribution in [1.82, 2.24) is 9.55 Å². The fourth-order valence-electron chi connectivity index (χ4n) is 2.75. The lowest BCUT2D eigenvalue weighted by Gasteiger charge is -2.11. The zero-order valence-electron chi connectivity index (χ0n) is 13.7. The third-order valence-electron chi connectivity index (χ3n) is 4.22. The summed E-state index contributed by atoms with van der Waals surface area (Å²) in [7, 11) is 0. The average molecular weight is 294 g/mol. The van der Waals surface area contributed by atoms with E-state index in [1.165, 1.54) is 22.2 Å². The van der Waals surface area contributed by atoms with E-state index in [-0.39, 0.29) is 0 Å². The molecule has 114 valence electrons. The van der Waals surface area contributed by atoms with Crippen molar-refractivity contribution in [2.75, 3.05) is 6.61 Å². The fourth-order valence-corrected chi connectivity index (χ4v) is 2.75. The van der Waals surface area contributed by atoms with Crippen LogP contribution in [0.15, 0.2) is 36.4 Å². The summed E-state index contributed by atoms with van der Waals surface area (Å²) in [5.74, 6) is 1.99. The highest BCUT2D eigenvalue weighted by Crippen LogP contribution is 2.21. The molecule has 0 saturated heterocycles. The lowest BCUT2D eigenvalue weighted by molar-refractivity contribution is 0.297. The monoisotopic (exact) mass is 294 g/mol. The van der Waals surface area contributed by atoms with Crippen LogP contribution in [-0.2, 0) is 6.54 Å². The number of nitrogens with zero attached hydrogens (tertiary/aromatic N) is 2. The highest BCUT2D eigenvalue weighted by Gasteiger charge is 2.09. The normalized spacial score (nSPS) is 11.1. The molecular formula is C19H22N2O. The van der Waals surface area contributed by atoms with Gasteiger partial charge in [-0.2, -0.15) is 0 Å². The quantitative estimate of drug-likeness (QED) is 0.715. The molecule has 22 heavy (non-hydrogen) atoms. The van der Waals surface area contributed by atoms with Gasteiger partial charge in [0.1, 0.15) is 18.2 Å². The highest BCUT2D eigenvalue weighted by molar-refractivity contribution is 5.78. The molecule has 3 aromatic rings. The maximum atomic E-state index is 5.92. The second-order valence-corrected chi connectivity index (χ2v) is 5.85. The van der Waals surface area contributed by atoms with Gasteiger partial charge in [-0.05, 0) is 62.6 Å². The third kappa shape index (κ3) is 2.71. The van der Waals surface area contributed by atoms with Crippen LogP contribution in [0.2, 0.25) is 0 Å².